The van der Waals surface area contributed by atoms with Gasteiger partial charge in [0.1, 0.15) is 5.78 Å². The second-order valence-electron chi connectivity index (χ2n) is 3.22. The molecule has 1 aliphatic carbocycles. The lowest BCUT2D eigenvalue weighted by atomic mass is 9.85. The summed E-state index contributed by atoms with van der Waals surface area (Å²) in [5.41, 5.74) is -0.157. The molecule has 0 heterocycles. The van der Waals surface area contributed by atoms with E-state index in [9.17, 15) is 4.79 Å². The van der Waals surface area contributed by atoms with Crippen LogP contribution in [0.15, 0.2) is 0 Å². The third-order valence-corrected chi connectivity index (χ3v) is 2.23. The molecule has 0 radical (unpaired) electrons. The van der Waals surface area contributed by atoms with Crippen LogP contribution in [0.3, 0.4) is 0 Å². The fourth-order valence-corrected chi connectivity index (χ4v) is 1.43. The van der Waals surface area contributed by atoms with Gasteiger partial charge in [-0.25, -0.2) is 0 Å². The van der Waals surface area contributed by atoms with Crippen molar-refractivity contribution in [1.29, 1.82) is 0 Å². The molecule has 0 aliphatic heterocycles. The Morgan fingerprint density at radius 2 is 2.30 bits per heavy atom. The number of hydrogen-bond acceptors (Lipinski definition) is 2. The first kappa shape index (κ1) is 7.73. The lowest BCUT2D eigenvalue weighted by molar-refractivity contribution is -0.128. The van der Waals surface area contributed by atoms with Crippen molar-refractivity contribution in [3.05, 3.63) is 0 Å². The number of carbonyl (C=O) groups is 1. The van der Waals surface area contributed by atoms with E-state index in [1.165, 1.54) is 0 Å². The molecule has 0 spiro atoms. The smallest absolute Gasteiger partial charge is 0.135 e. The van der Waals surface area contributed by atoms with Gasteiger partial charge in [0.15, 0.2) is 0 Å². The quantitative estimate of drug-likeness (QED) is 0.555. The molecule has 10 heavy (non-hydrogen) atoms. The maximum atomic E-state index is 11.0. The highest BCUT2D eigenvalue weighted by atomic mass is 16.5. The molecule has 0 N–H and O–H groups in total. The van der Waals surface area contributed by atoms with Crippen LogP contribution in [-0.2, 0) is 9.53 Å². The first-order chi connectivity index (χ1) is 4.66. The van der Waals surface area contributed by atoms with Gasteiger partial charge in [-0.1, -0.05) is 0 Å². The van der Waals surface area contributed by atoms with Crippen LogP contribution in [0.4, 0.5) is 0 Å². The van der Waals surface area contributed by atoms with Gasteiger partial charge in [0, 0.05) is 20.0 Å². The summed E-state index contributed by atoms with van der Waals surface area (Å²) < 4.78 is 5.23. The second kappa shape index (κ2) is 2.70. The molecule has 2 heteroatoms. The van der Waals surface area contributed by atoms with E-state index in [2.05, 4.69) is 0 Å². The zero-order valence-electron chi connectivity index (χ0n) is 6.64. The highest BCUT2D eigenvalue weighted by Crippen LogP contribution is 2.27. The van der Waals surface area contributed by atoms with E-state index in [4.69, 9.17) is 4.74 Å². The molecular formula is C8H14O2. The SMILES string of the molecule is COC1(C)CCCC(=O)C1. The molecule has 1 atom stereocenters. The zero-order chi connectivity index (χ0) is 7.61. The van der Waals surface area contributed by atoms with Crippen LogP contribution in [-0.4, -0.2) is 18.5 Å². The van der Waals surface area contributed by atoms with E-state index in [-0.39, 0.29) is 5.60 Å². The minimum Gasteiger partial charge on any atom is -0.378 e. The van der Waals surface area contributed by atoms with Gasteiger partial charge in [-0.2, -0.15) is 0 Å². The fraction of sp³-hybridized carbons (Fsp3) is 0.875. The minimum atomic E-state index is -0.157. The Kier molecular flexibility index (Phi) is 2.09. The molecule has 58 valence electrons. The monoisotopic (exact) mass is 142 g/mol. The summed E-state index contributed by atoms with van der Waals surface area (Å²) >= 11 is 0. The molecule has 1 fully saturated rings. The number of carbonyl (C=O) groups excluding carboxylic acids is 1. The van der Waals surface area contributed by atoms with Gasteiger partial charge >= 0.3 is 0 Å². The van der Waals surface area contributed by atoms with Crippen molar-refractivity contribution >= 4 is 5.78 Å². The van der Waals surface area contributed by atoms with Crippen LogP contribution in [0.25, 0.3) is 0 Å². The van der Waals surface area contributed by atoms with Crippen molar-refractivity contribution in [1.82, 2.24) is 0 Å². The van der Waals surface area contributed by atoms with Crippen LogP contribution in [0, 0.1) is 0 Å². The van der Waals surface area contributed by atoms with Gasteiger partial charge in [0.2, 0.25) is 0 Å². The summed E-state index contributed by atoms with van der Waals surface area (Å²) in [6.45, 7) is 2.00. The highest BCUT2D eigenvalue weighted by molar-refractivity contribution is 5.80. The summed E-state index contributed by atoms with van der Waals surface area (Å²) in [6, 6.07) is 0. The number of hydrogen-bond donors (Lipinski definition) is 0. The summed E-state index contributed by atoms with van der Waals surface area (Å²) in [7, 11) is 1.68. The van der Waals surface area contributed by atoms with E-state index in [1.54, 1.807) is 7.11 Å². The summed E-state index contributed by atoms with van der Waals surface area (Å²) in [4.78, 5) is 11.0. The minimum absolute atomic E-state index is 0.157. The Labute approximate surface area is 61.6 Å². The Hall–Kier alpha value is -0.370. The van der Waals surface area contributed by atoms with E-state index in [0.29, 0.717) is 12.2 Å². The van der Waals surface area contributed by atoms with Crippen molar-refractivity contribution in [2.75, 3.05) is 7.11 Å². The van der Waals surface area contributed by atoms with Crippen LogP contribution < -0.4 is 0 Å². The number of rotatable bonds is 1. The van der Waals surface area contributed by atoms with Gasteiger partial charge in [0.05, 0.1) is 5.60 Å². The van der Waals surface area contributed by atoms with Gasteiger partial charge in [-0.15, -0.1) is 0 Å². The van der Waals surface area contributed by atoms with Gasteiger partial charge in [0.25, 0.3) is 0 Å². The molecule has 0 aromatic carbocycles. The molecule has 0 aromatic rings. The van der Waals surface area contributed by atoms with Gasteiger partial charge < -0.3 is 4.74 Å². The third kappa shape index (κ3) is 1.57. The van der Waals surface area contributed by atoms with E-state index in [1.807, 2.05) is 6.92 Å². The fourth-order valence-electron chi connectivity index (χ4n) is 1.43. The molecule has 1 unspecified atom stereocenters. The maximum Gasteiger partial charge on any atom is 0.135 e. The largest absolute Gasteiger partial charge is 0.378 e. The Morgan fingerprint density at radius 1 is 1.60 bits per heavy atom. The average molecular weight is 142 g/mol. The van der Waals surface area contributed by atoms with Gasteiger partial charge in [-0.05, 0) is 19.8 Å². The molecule has 0 saturated heterocycles. The molecular weight excluding hydrogens is 128 g/mol. The lowest BCUT2D eigenvalue weighted by Crippen LogP contribution is -2.34. The standard InChI is InChI=1S/C8H14O2/c1-8(10-2)5-3-4-7(9)6-8/h3-6H2,1-2H3. The third-order valence-electron chi connectivity index (χ3n) is 2.23. The Balaban J connectivity index is 2.53. The molecule has 1 rings (SSSR count). The van der Waals surface area contributed by atoms with Crippen molar-refractivity contribution < 1.29 is 9.53 Å². The molecule has 1 aliphatic rings. The lowest BCUT2D eigenvalue weighted by Gasteiger charge is -2.30. The second-order valence-corrected chi connectivity index (χ2v) is 3.22. The predicted octanol–water partition coefficient (Wildman–Crippen LogP) is 1.53. The molecule has 0 bridgehead atoms. The van der Waals surface area contributed by atoms with Crippen molar-refractivity contribution in [3.8, 4) is 0 Å². The molecule has 0 amide bonds. The molecule has 1 saturated carbocycles. The predicted molar refractivity (Wildman–Crippen MR) is 38.9 cm³/mol. The first-order valence-corrected chi connectivity index (χ1v) is 3.73. The van der Waals surface area contributed by atoms with Crippen molar-refractivity contribution in [2.24, 2.45) is 0 Å². The highest BCUT2D eigenvalue weighted by Gasteiger charge is 2.30. The van der Waals surface area contributed by atoms with E-state index < -0.39 is 0 Å². The number of ether oxygens (including phenoxy) is 1. The molecule has 0 aromatic heterocycles. The molecule has 2 nitrogen and oxygen atoms in total. The maximum absolute atomic E-state index is 11.0. The summed E-state index contributed by atoms with van der Waals surface area (Å²) in [6.07, 6.45) is 3.36. The van der Waals surface area contributed by atoms with Crippen LogP contribution in [0.1, 0.15) is 32.6 Å². The number of ketones is 1. The van der Waals surface area contributed by atoms with Crippen molar-refractivity contribution in [3.63, 3.8) is 0 Å². The van der Waals surface area contributed by atoms with E-state index in [0.717, 1.165) is 19.3 Å². The van der Waals surface area contributed by atoms with E-state index >= 15 is 0 Å². The Bertz CT molecular complexity index is 142. The zero-order valence-corrected chi connectivity index (χ0v) is 6.64. The topological polar surface area (TPSA) is 26.3 Å². The number of Topliss-reactive ketones (excluding diaryl/α,β-unsaturated/α-hetero) is 1. The average Bonchev–Trinajstić information content (AvgIpc) is 1.88. The Morgan fingerprint density at radius 3 is 2.70 bits per heavy atom. The summed E-state index contributed by atoms with van der Waals surface area (Å²) in [5, 5.41) is 0. The van der Waals surface area contributed by atoms with Crippen LogP contribution in [0.5, 0.6) is 0 Å². The van der Waals surface area contributed by atoms with Crippen LogP contribution >= 0.6 is 0 Å². The van der Waals surface area contributed by atoms with Gasteiger partial charge in [-0.3, -0.25) is 4.79 Å². The first-order valence-electron chi connectivity index (χ1n) is 3.73. The summed E-state index contributed by atoms with van der Waals surface area (Å²) in [5.74, 6) is 0.343. The van der Waals surface area contributed by atoms with Crippen molar-refractivity contribution in [2.45, 2.75) is 38.2 Å². The number of methoxy groups -OCH3 is 1. The normalized spacial score (nSPS) is 34.4. The van der Waals surface area contributed by atoms with Crippen LogP contribution in [0.2, 0.25) is 0 Å².